The van der Waals surface area contributed by atoms with Gasteiger partial charge in [0.05, 0.1) is 0 Å². The van der Waals surface area contributed by atoms with Gasteiger partial charge in [-0.2, -0.15) is 0 Å². The summed E-state index contributed by atoms with van der Waals surface area (Å²) in [5.41, 5.74) is 0. The minimum absolute atomic E-state index is 0.115. The van der Waals surface area contributed by atoms with Crippen molar-refractivity contribution < 1.29 is 35.1 Å². The molecule has 13 heavy (non-hydrogen) atoms. The van der Waals surface area contributed by atoms with E-state index in [0.717, 1.165) is 0 Å². The molecule has 2 atom stereocenters. The molecule has 0 aliphatic rings. The zero-order chi connectivity index (χ0) is 10.6. The van der Waals surface area contributed by atoms with Gasteiger partial charge in [-0.05, 0) is 0 Å². The Morgan fingerprint density at radius 3 is 1.92 bits per heavy atom. The molecule has 0 aromatic rings. The lowest BCUT2D eigenvalue weighted by molar-refractivity contribution is -0.136. The molecule has 0 spiro atoms. The number of carboxylic acids is 1. The molecule has 0 saturated heterocycles. The Kier molecular flexibility index (Phi) is 3.89. The predicted octanol–water partition coefficient (Wildman–Crippen LogP) is -1.68. The fraction of sp³-hybridized carbons (Fsp3) is 0.333. The van der Waals surface area contributed by atoms with Gasteiger partial charge in [-0.15, -0.1) is 0 Å². The first-order valence-corrected chi connectivity index (χ1v) is 3.08. The molecule has 0 unspecified atom stereocenters. The van der Waals surface area contributed by atoms with Gasteiger partial charge in [0.1, 0.15) is 12.2 Å². The van der Waals surface area contributed by atoms with Crippen LogP contribution in [-0.2, 0) is 9.59 Å². The van der Waals surface area contributed by atoms with E-state index < -0.39 is 29.7 Å². The normalized spacial score (nSPS) is 17.1. The molecule has 7 heteroatoms. The Labute approximate surface area is 72.2 Å². The summed E-state index contributed by atoms with van der Waals surface area (Å²) in [7, 11) is 0. The Hall–Kier alpha value is -1.60. The van der Waals surface area contributed by atoms with Gasteiger partial charge < -0.3 is 30.3 Å². The van der Waals surface area contributed by atoms with Gasteiger partial charge in [0.2, 0.25) is 5.76 Å². The van der Waals surface area contributed by atoms with Crippen LogP contribution in [0.1, 0.15) is 0 Å². The third-order valence-electron chi connectivity index (χ3n) is 1.19. The van der Waals surface area contributed by atoms with E-state index in [4.69, 9.17) is 25.5 Å². The van der Waals surface area contributed by atoms with E-state index in [1.54, 1.807) is 0 Å². The summed E-state index contributed by atoms with van der Waals surface area (Å²) in [6.07, 6.45) is -4.24. The van der Waals surface area contributed by atoms with E-state index in [2.05, 4.69) is 0 Å². The van der Waals surface area contributed by atoms with Crippen LogP contribution in [0.2, 0.25) is 0 Å². The number of carboxylic acid groups (broad SMARTS) is 1. The second kappa shape index (κ2) is 4.43. The van der Waals surface area contributed by atoms with Crippen LogP contribution in [0.15, 0.2) is 11.5 Å². The summed E-state index contributed by atoms with van der Waals surface area (Å²) in [6, 6.07) is 0. The molecule has 5 N–H and O–H groups in total. The topological polar surface area (TPSA) is 135 Å². The smallest absolute Gasteiger partial charge is 0.374 e. The SMILES string of the molecule is O=C[C@H](O)[C@@H](O)C(O)=C(O)C(=O)O. The molecule has 0 radical (unpaired) electrons. The quantitative estimate of drug-likeness (QED) is 0.204. The molecule has 0 saturated carbocycles. The standard InChI is InChI=1S/C6H8O7/c7-1-2(8)3(9)4(10)5(11)6(12)13/h1-3,8-11H,(H,12,13)/t2-,3+/m0/s1. The lowest BCUT2D eigenvalue weighted by Gasteiger charge is -2.11. The molecule has 0 bridgehead atoms. The van der Waals surface area contributed by atoms with Crippen molar-refractivity contribution in [1.29, 1.82) is 0 Å². The number of hydrogen-bond acceptors (Lipinski definition) is 6. The van der Waals surface area contributed by atoms with Crippen LogP contribution >= 0.6 is 0 Å². The summed E-state index contributed by atoms with van der Waals surface area (Å²) in [4.78, 5) is 19.9. The van der Waals surface area contributed by atoms with Crippen molar-refractivity contribution in [2.24, 2.45) is 0 Å². The van der Waals surface area contributed by atoms with Crippen molar-refractivity contribution in [1.82, 2.24) is 0 Å². The van der Waals surface area contributed by atoms with Crippen LogP contribution in [0, 0.1) is 0 Å². The third-order valence-corrected chi connectivity index (χ3v) is 1.19. The fourth-order valence-electron chi connectivity index (χ4n) is 0.486. The van der Waals surface area contributed by atoms with Gasteiger partial charge in [0.15, 0.2) is 12.0 Å². The second-order valence-corrected chi connectivity index (χ2v) is 2.11. The first-order chi connectivity index (χ1) is 5.91. The number of carbonyl (C=O) groups is 2. The highest BCUT2D eigenvalue weighted by atomic mass is 16.4. The first-order valence-electron chi connectivity index (χ1n) is 3.08. The van der Waals surface area contributed by atoms with E-state index in [0.29, 0.717) is 0 Å². The van der Waals surface area contributed by atoms with Crippen molar-refractivity contribution in [3.8, 4) is 0 Å². The molecule has 0 aliphatic heterocycles. The third kappa shape index (κ3) is 2.73. The van der Waals surface area contributed by atoms with Crippen molar-refractivity contribution in [3.05, 3.63) is 11.5 Å². The number of aliphatic hydroxyl groups is 4. The Bertz CT molecular complexity index is 243. The molecule has 7 nitrogen and oxygen atoms in total. The van der Waals surface area contributed by atoms with E-state index in [9.17, 15) is 9.59 Å². The number of rotatable bonds is 4. The fourth-order valence-corrected chi connectivity index (χ4v) is 0.486. The first kappa shape index (κ1) is 11.4. The number of aliphatic hydroxyl groups excluding tert-OH is 4. The van der Waals surface area contributed by atoms with Crippen molar-refractivity contribution >= 4 is 12.3 Å². The molecule has 74 valence electrons. The summed E-state index contributed by atoms with van der Waals surface area (Å²) in [5.74, 6) is -4.77. The predicted molar refractivity (Wildman–Crippen MR) is 38.0 cm³/mol. The number of aliphatic carboxylic acids is 1. The molecule has 0 aromatic carbocycles. The van der Waals surface area contributed by atoms with Crippen LogP contribution in [-0.4, -0.2) is 50.0 Å². The lowest BCUT2D eigenvalue weighted by Crippen LogP contribution is -2.30. The Morgan fingerprint density at radius 1 is 1.15 bits per heavy atom. The maximum absolute atomic E-state index is 10.0. The molecule has 0 fully saturated rings. The number of carbonyl (C=O) groups excluding carboxylic acids is 1. The van der Waals surface area contributed by atoms with E-state index in [1.807, 2.05) is 0 Å². The summed E-state index contributed by atoms with van der Waals surface area (Å²) in [6.45, 7) is 0. The van der Waals surface area contributed by atoms with Gasteiger partial charge >= 0.3 is 5.97 Å². The van der Waals surface area contributed by atoms with Gasteiger partial charge in [-0.3, -0.25) is 0 Å². The average Bonchev–Trinajstić information content (AvgIpc) is 2.12. The Morgan fingerprint density at radius 2 is 1.62 bits per heavy atom. The van der Waals surface area contributed by atoms with E-state index in [1.165, 1.54) is 0 Å². The van der Waals surface area contributed by atoms with Gasteiger partial charge in [0, 0.05) is 0 Å². The lowest BCUT2D eigenvalue weighted by atomic mass is 10.1. The van der Waals surface area contributed by atoms with Gasteiger partial charge in [-0.1, -0.05) is 0 Å². The Balaban J connectivity index is 4.76. The second-order valence-electron chi connectivity index (χ2n) is 2.11. The van der Waals surface area contributed by atoms with Gasteiger partial charge in [0.25, 0.3) is 0 Å². The molecular weight excluding hydrogens is 184 g/mol. The molecule has 0 heterocycles. The maximum atomic E-state index is 10.0. The minimum atomic E-state index is -2.14. The summed E-state index contributed by atoms with van der Waals surface area (Å²) in [5, 5.41) is 42.8. The zero-order valence-electron chi connectivity index (χ0n) is 6.28. The molecule has 0 aliphatic carbocycles. The molecule has 0 aromatic heterocycles. The highest BCUT2D eigenvalue weighted by Gasteiger charge is 2.25. The van der Waals surface area contributed by atoms with E-state index in [-0.39, 0.29) is 6.29 Å². The van der Waals surface area contributed by atoms with Crippen LogP contribution in [0.5, 0.6) is 0 Å². The highest BCUT2D eigenvalue weighted by Crippen LogP contribution is 2.06. The van der Waals surface area contributed by atoms with Crippen molar-refractivity contribution in [2.75, 3.05) is 0 Å². The largest absolute Gasteiger partial charge is 0.506 e. The number of hydrogen-bond donors (Lipinski definition) is 5. The monoisotopic (exact) mass is 192 g/mol. The minimum Gasteiger partial charge on any atom is -0.506 e. The maximum Gasteiger partial charge on any atom is 0.374 e. The molecule has 0 rings (SSSR count). The molecule has 0 amide bonds. The average molecular weight is 192 g/mol. The van der Waals surface area contributed by atoms with Crippen molar-refractivity contribution in [2.45, 2.75) is 12.2 Å². The van der Waals surface area contributed by atoms with Gasteiger partial charge in [-0.25, -0.2) is 4.79 Å². The molecular formula is C6H8O7. The number of aldehydes is 1. The van der Waals surface area contributed by atoms with E-state index >= 15 is 0 Å². The highest BCUT2D eigenvalue weighted by molar-refractivity contribution is 5.84. The van der Waals surface area contributed by atoms with Crippen LogP contribution < -0.4 is 0 Å². The summed E-state index contributed by atoms with van der Waals surface area (Å²) >= 11 is 0. The zero-order valence-corrected chi connectivity index (χ0v) is 6.28. The van der Waals surface area contributed by atoms with Crippen LogP contribution in [0.4, 0.5) is 0 Å². The van der Waals surface area contributed by atoms with Crippen molar-refractivity contribution in [3.63, 3.8) is 0 Å². The summed E-state index contributed by atoms with van der Waals surface area (Å²) < 4.78 is 0. The van der Waals surface area contributed by atoms with Crippen LogP contribution in [0.3, 0.4) is 0 Å². The van der Waals surface area contributed by atoms with Crippen LogP contribution in [0.25, 0.3) is 0 Å².